The van der Waals surface area contributed by atoms with Gasteiger partial charge in [-0.05, 0) is 60.5 Å². The fourth-order valence-electron chi connectivity index (χ4n) is 2.76. The first-order valence-corrected chi connectivity index (χ1v) is 10.3. The van der Waals surface area contributed by atoms with Crippen molar-refractivity contribution in [2.75, 3.05) is 0 Å². The Morgan fingerprint density at radius 1 is 0.844 bits per heavy atom. The SMILES string of the molecule is CC(C)Oc1ccc(PC(=O)c2c(C(F)(F)F)cccc2C(F)(F)F)c(OC(C)C)c1.[Li+]. The zero-order chi connectivity index (χ0) is 23.6. The quantitative estimate of drug-likeness (QED) is 0.351. The van der Waals surface area contributed by atoms with E-state index in [1.54, 1.807) is 27.7 Å². The Hall–Kier alpha value is -1.68. The first kappa shape index (κ1) is 28.4. The van der Waals surface area contributed by atoms with Crippen LogP contribution in [0.25, 0.3) is 0 Å². The van der Waals surface area contributed by atoms with Gasteiger partial charge < -0.3 is 9.47 Å². The number of hydrogen-bond acceptors (Lipinski definition) is 3. The second-order valence-corrected chi connectivity index (χ2v) is 8.41. The summed E-state index contributed by atoms with van der Waals surface area (Å²) in [4.78, 5) is 12.8. The molecule has 0 aromatic heterocycles. The van der Waals surface area contributed by atoms with Gasteiger partial charge in [0.25, 0.3) is 0 Å². The van der Waals surface area contributed by atoms with E-state index in [1.807, 2.05) is 0 Å². The molecule has 0 saturated carbocycles. The van der Waals surface area contributed by atoms with Gasteiger partial charge in [-0.3, -0.25) is 4.79 Å². The zero-order valence-corrected chi connectivity index (χ0v) is 19.1. The van der Waals surface area contributed by atoms with Crippen molar-refractivity contribution in [1.82, 2.24) is 0 Å². The van der Waals surface area contributed by atoms with E-state index in [9.17, 15) is 31.1 Å². The maximum Gasteiger partial charge on any atom is 1.00 e. The van der Waals surface area contributed by atoms with Crippen LogP contribution in [0, 0.1) is 0 Å². The topological polar surface area (TPSA) is 35.5 Å². The number of hydrogen-bond donors (Lipinski definition) is 0. The van der Waals surface area contributed by atoms with E-state index in [0.717, 1.165) is 0 Å². The van der Waals surface area contributed by atoms with E-state index in [2.05, 4.69) is 0 Å². The van der Waals surface area contributed by atoms with Crippen LogP contribution in [0.4, 0.5) is 26.3 Å². The Labute approximate surface area is 195 Å². The van der Waals surface area contributed by atoms with Crippen LogP contribution in [0.3, 0.4) is 0 Å². The molecule has 32 heavy (non-hydrogen) atoms. The average molecular weight is 473 g/mol. The van der Waals surface area contributed by atoms with Gasteiger partial charge >= 0.3 is 31.2 Å². The van der Waals surface area contributed by atoms with Crippen LogP contribution in [-0.2, 0) is 12.4 Å². The number of rotatable bonds is 7. The molecule has 11 heteroatoms. The molecule has 0 fully saturated rings. The van der Waals surface area contributed by atoms with Gasteiger partial charge in [0.2, 0.25) is 0 Å². The molecule has 170 valence electrons. The molecule has 0 amide bonds. The number of benzene rings is 2. The predicted molar refractivity (Wildman–Crippen MR) is 107 cm³/mol. The van der Waals surface area contributed by atoms with Crippen LogP contribution < -0.4 is 33.6 Å². The van der Waals surface area contributed by atoms with Gasteiger partial charge in [-0.15, -0.1) is 0 Å². The van der Waals surface area contributed by atoms with E-state index in [0.29, 0.717) is 23.9 Å². The molecular formula is C21H21F6LiO3P+. The number of carbonyl (C=O) groups is 1. The maximum absolute atomic E-state index is 13.4. The van der Waals surface area contributed by atoms with E-state index in [-0.39, 0.29) is 42.1 Å². The Morgan fingerprint density at radius 2 is 1.34 bits per heavy atom. The molecule has 0 saturated heterocycles. The summed E-state index contributed by atoms with van der Waals surface area (Å²) in [5.74, 6) is 0.566. The van der Waals surface area contributed by atoms with E-state index >= 15 is 0 Å². The summed E-state index contributed by atoms with van der Waals surface area (Å²) < 4.78 is 91.5. The first-order valence-electron chi connectivity index (χ1n) is 9.26. The molecule has 0 heterocycles. The molecule has 0 aliphatic heterocycles. The summed E-state index contributed by atoms with van der Waals surface area (Å²) in [5.41, 5.74) is -5.91. The van der Waals surface area contributed by atoms with Gasteiger partial charge in [0.15, 0.2) is 5.52 Å². The summed E-state index contributed by atoms with van der Waals surface area (Å²) in [6, 6.07) is 5.95. The third-order valence-electron chi connectivity index (χ3n) is 3.84. The van der Waals surface area contributed by atoms with Crippen molar-refractivity contribution >= 4 is 19.4 Å². The van der Waals surface area contributed by atoms with Gasteiger partial charge in [-0.25, -0.2) is 0 Å². The molecule has 0 radical (unpaired) electrons. The summed E-state index contributed by atoms with van der Waals surface area (Å²) in [6.07, 6.45) is -10.8. The summed E-state index contributed by atoms with van der Waals surface area (Å²) in [5, 5.41) is 0.180. The second kappa shape index (κ2) is 11.0. The average Bonchev–Trinajstić information content (AvgIpc) is 2.60. The minimum Gasteiger partial charge on any atom is -0.491 e. The largest absolute Gasteiger partial charge is 1.00 e. The minimum atomic E-state index is -5.12. The van der Waals surface area contributed by atoms with Crippen LogP contribution in [-0.4, -0.2) is 17.7 Å². The minimum absolute atomic E-state index is 0. The van der Waals surface area contributed by atoms with Crippen molar-refractivity contribution in [2.24, 2.45) is 0 Å². The van der Waals surface area contributed by atoms with Crippen LogP contribution in [0.1, 0.15) is 49.2 Å². The van der Waals surface area contributed by atoms with Crippen molar-refractivity contribution in [3.63, 3.8) is 0 Å². The van der Waals surface area contributed by atoms with Gasteiger partial charge in [0.05, 0.1) is 23.3 Å². The smallest absolute Gasteiger partial charge is 0.491 e. The van der Waals surface area contributed by atoms with Crippen molar-refractivity contribution < 1.29 is 59.5 Å². The molecule has 2 aromatic rings. The van der Waals surface area contributed by atoms with Gasteiger partial charge in [0, 0.05) is 16.9 Å². The van der Waals surface area contributed by atoms with E-state index in [4.69, 9.17) is 9.47 Å². The van der Waals surface area contributed by atoms with Crippen molar-refractivity contribution in [2.45, 2.75) is 52.3 Å². The van der Waals surface area contributed by atoms with E-state index in [1.165, 1.54) is 18.2 Å². The molecule has 0 N–H and O–H groups in total. The third kappa shape index (κ3) is 7.43. The molecule has 1 atom stereocenters. The molecule has 3 nitrogen and oxygen atoms in total. The van der Waals surface area contributed by atoms with Crippen molar-refractivity contribution in [1.29, 1.82) is 0 Å². The molecule has 2 rings (SSSR count). The summed E-state index contributed by atoms with van der Waals surface area (Å²) in [6.45, 7) is 6.97. The summed E-state index contributed by atoms with van der Waals surface area (Å²) in [7, 11) is -1.02. The molecule has 0 aliphatic carbocycles. The normalized spacial score (nSPS) is 12.4. The van der Waals surface area contributed by atoms with Gasteiger partial charge in [0.1, 0.15) is 11.5 Å². The number of carbonyl (C=O) groups excluding carboxylic acids is 1. The van der Waals surface area contributed by atoms with Crippen LogP contribution >= 0.6 is 8.58 Å². The number of ether oxygens (including phenoxy) is 2. The molecule has 2 aromatic carbocycles. The Morgan fingerprint density at radius 3 is 1.78 bits per heavy atom. The van der Waals surface area contributed by atoms with Crippen LogP contribution in [0.15, 0.2) is 36.4 Å². The van der Waals surface area contributed by atoms with E-state index < -0.39 is 43.1 Å². The molecule has 0 bridgehead atoms. The first-order chi connectivity index (χ1) is 14.2. The molecule has 1 unspecified atom stereocenters. The Kier molecular flexibility index (Phi) is 9.71. The number of halogens is 6. The third-order valence-corrected chi connectivity index (χ3v) is 5.00. The zero-order valence-electron chi connectivity index (χ0n) is 18.1. The monoisotopic (exact) mass is 473 g/mol. The van der Waals surface area contributed by atoms with Crippen molar-refractivity contribution in [3.05, 3.63) is 53.1 Å². The van der Waals surface area contributed by atoms with Gasteiger partial charge in [-0.1, -0.05) is 6.07 Å². The maximum atomic E-state index is 13.4. The van der Waals surface area contributed by atoms with Crippen LogP contribution in [0.2, 0.25) is 0 Å². The van der Waals surface area contributed by atoms with Crippen LogP contribution in [0.5, 0.6) is 11.5 Å². The summed E-state index contributed by atoms with van der Waals surface area (Å²) >= 11 is 0. The fraction of sp³-hybridized carbons (Fsp3) is 0.381. The fourth-order valence-corrected chi connectivity index (χ4v) is 3.82. The second-order valence-electron chi connectivity index (χ2n) is 7.17. The standard InChI is InChI=1S/C21H21F6O3P.Li/c1-11(2)29-13-8-9-17(16(10-13)30-12(3)4)31-19(28)18-14(20(22,23)24)6-5-7-15(18)21(25,26)27;/h5-12,31H,1-4H3;/q;+1. The van der Waals surface area contributed by atoms with Crippen molar-refractivity contribution in [3.8, 4) is 11.5 Å². The van der Waals surface area contributed by atoms with Gasteiger partial charge in [-0.2, -0.15) is 26.3 Å². The Bertz CT molecular complexity index is 910. The number of alkyl halides is 6. The predicted octanol–water partition coefficient (Wildman–Crippen LogP) is 3.45. The Balaban J connectivity index is 0.00000512. The molecular weight excluding hydrogens is 452 g/mol. The molecule has 0 aliphatic rings. The molecule has 0 spiro atoms.